The highest BCUT2D eigenvalue weighted by molar-refractivity contribution is 7.92. The van der Waals surface area contributed by atoms with Crippen molar-refractivity contribution in [1.82, 2.24) is 4.57 Å². The SMILES string of the molecule is CCn1c2ccccc2c2cc(NC(=O)COc3ccc(S(=O)(=O)N4CCCc5ccccc54)cc3)ccc21. The molecule has 1 aliphatic rings. The number of sulfonamides is 1. The van der Waals surface area contributed by atoms with Gasteiger partial charge in [-0.3, -0.25) is 9.10 Å². The normalized spacial score (nSPS) is 13.4. The highest BCUT2D eigenvalue weighted by Crippen LogP contribution is 2.33. The number of hydrogen-bond donors (Lipinski definition) is 1. The second-order valence-corrected chi connectivity index (χ2v) is 11.5. The van der Waals surface area contributed by atoms with Crippen LogP contribution in [0.15, 0.2) is 95.9 Å². The molecule has 0 spiro atoms. The Balaban J connectivity index is 1.13. The van der Waals surface area contributed by atoms with Gasteiger partial charge in [-0.15, -0.1) is 0 Å². The summed E-state index contributed by atoms with van der Waals surface area (Å²) < 4.78 is 36.1. The van der Waals surface area contributed by atoms with E-state index in [9.17, 15) is 13.2 Å². The maximum absolute atomic E-state index is 13.3. The molecule has 4 aromatic carbocycles. The molecular weight excluding hydrogens is 510 g/mol. The summed E-state index contributed by atoms with van der Waals surface area (Å²) in [6.45, 7) is 3.23. The number of aryl methyl sites for hydroxylation is 2. The lowest BCUT2D eigenvalue weighted by Crippen LogP contribution is -2.35. The Morgan fingerprint density at radius 1 is 0.897 bits per heavy atom. The van der Waals surface area contributed by atoms with Crippen LogP contribution in [-0.4, -0.2) is 32.0 Å². The smallest absolute Gasteiger partial charge is 0.264 e. The van der Waals surface area contributed by atoms with E-state index in [0.717, 1.165) is 52.4 Å². The van der Waals surface area contributed by atoms with Gasteiger partial charge in [0.2, 0.25) is 0 Å². The summed E-state index contributed by atoms with van der Waals surface area (Å²) in [5, 5.41) is 5.13. The number of nitrogens with zero attached hydrogens (tertiary/aromatic N) is 2. The van der Waals surface area contributed by atoms with Crippen LogP contribution in [0, 0.1) is 0 Å². The minimum absolute atomic E-state index is 0.190. The quantitative estimate of drug-likeness (QED) is 0.276. The molecule has 0 bridgehead atoms. The van der Waals surface area contributed by atoms with Crippen LogP contribution in [0.4, 0.5) is 11.4 Å². The molecule has 1 aromatic heterocycles. The largest absolute Gasteiger partial charge is 0.484 e. The predicted octanol–water partition coefficient (Wildman–Crippen LogP) is 5.97. The Morgan fingerprint density at radius 3 is 2.46 bits per heavy atom. The average molecular weight is 540 g/mol. The van der Waals surface area contributed by atoms with E-state index < -0.39 is 10.0 Å². The fraction of sp³-hybridized carbons (Fsp3) is 0.194. The van der Waals surface area contributed by atoms with Crippen molar-refractivity contribution < 1.29 is 17.9 Å². The van der Waals surface area contributed by atoms with E-state index in [1.807, 2.05) is 54.6 Å². The van der Waals surface area contributed by atoms with Crippen molar-refractivity contribution in [3.05, 3.63) is 96.6 Å². The van der Waals surface area contributed by atoms with Gasteiger partial charge in [0.25, 0.3) is 15.9 Å². The minimum atomic E-state index is -3.70. The number of rotatable bonds is 7. The molecule has 1 N–H and O–H groups in total. The van der Waals surface area contributed by atoms with Crippen molar-refractivity contribution in [2.75, 3.05) is 22.8 Å². The van der Waals surface area contributed by atoms with Gasteiger partial charge in [-0.05, 0) is 79.9 Å². The van der Waals surface area contributed by atoms with E-state index in [1.165, 1.54) is 16.4 Å². The summed E-state index contributed by atoms with van der Waals surface area (Å²) in [5.41, 5.74) is 4.75. The van der Waals surface area contributed by atoms with Crippen molar-refractivity contribution in [2.45, 2.75) is 31.2 Å². The molecular formula is C31H29N3O4S. The highest BCUT2D eigenvalue weighted by Gasteiger charge is 2.28. The van der Waals surface area contributed by atoms with Gasteiger partial charge in [0, 0.05) is 40.6 Å². The van der Waals surface area contributed by atoms with Crippen LogP contribution in [0.3, 0.4) is 0 Å². The Kier molecular flexibility index (Phi) is 6.48. The van der Waals surface area contributed by atoms with Gasteiger partial charge in [-0.1, -0.05) is 36.4 Å². The van der Waals surface area contributed by atoms with Gasteiger partial charge in [0.05, 0.1) is 10.6 Å². The number of nitrogens with one attached hydrogen (secondary N) is 1. The molecule has 0 aliphatic carbocycles. The Hall–Kier alpha value is -4.30. The molecule has 0 radical (unpaired) electrons. The van der Waals surface area contributed by atoms with Gasteiger partial charge in [-0.2, -0.15) is 0 Å². The number of fused-ring (bicyclic) bond motifs is 4. The zero-order chi connectivity index (χ0) is 27.0. The predicted molar refractivity (Wildman–Crippen MR) is 155 cm³/mol. The van der Waals surface area contributed by atoms with Crippen LogP contribution in [0.2, 0.25) is 0 Å². The number of anilines is 2. The molecule has 0 saturated heterocycles. The number of para-hydroxylation sites is 2. The van der Waals surface area contributed by atoms with Crippen LogP contribution < -0.4 is 14.4 Å². The molecule has 198 valence electrons. The lowest BCUT2D eigenvalue weighted by molar-refractivity contribution is -0.118. The van der Waals surface area contributed by atoms with Crippen LogP contribution >= 0.6 is 0 Å². The van der Waals surface area contributed by atoms with E-state index >= 15 is 0 Å². The lowest BCUT2D eigenvalue weighted by atomic mass is 10.0. The molecule has 0 fully saturated rings. The summed E-state index contributed by atoms with van der Waals surface area (Å²) in [7, 11) is -3.70. The first kappa shape index (κ1) is 25.0. The number of carbonyl (C=O) groups excluding carboxylic acids is 1. The fourth-order valence-corrected chi connectivity index (χ4v) is 6.94. The Morgan fingerprint density at radius 2 is 1.64 bits per heavy atom. The molecule has 6 rings (SSSR count). The third-order valence-electron chi connectivity index (χ3n) is 7.22. The van der Waals surface area contributed by atoms with Gasteiger partial charge in [-0.25, -0.2) is 8.42 Å². The maximum Gasteiger partial charge on any atom is 0.264 e. The van der Waals surface area contributed by atoms with E-state index in [-0.39, 0.29) is 17.4 Å². The number of benzene rings is 4. The Labute approximate surface area is 227 Å². The standard InChI is InChI=1S/C31H29N3O4S/c1-2-33-29-12-6-4-10-26(29)27-20-23(13-18-30(27)33)32-31(35)21-38-24-14-16-25(17-15-24)39(36,37)34-19-7-9-22-8-3-5-11-28(22)34/h3-6,8,10-18,20H,2,7,9,19,21H2,1H3,(H,32,35). The molecule has 1 aliphatic heterocycles. The molecule has 0 atom stereocenters. The third-order valence-corrected chi connectivity index (χ3v) is 9.05. The minimum Gasteiger partial charge on any atom is -0.484 e. The molecule has 1 amide bonds. The van der Waals surface area contributed by atoms with Crippen molar-refractivity contribution in [3.8, 4) is 5.75 Å². The third kappa shape index (κ3) is 4.61. The first-order valence-corrected chi connectivity index (χ1v) is 14.5. The monoisotopic (exact) mass is 539 g/mol. The van der Waals surface area contributed by atoms with Crippen molar-refractivity contribution in [3.63, 3.8) is 0 Å². The van der Waals surface area contributed by atoms with Gasteiger partial charge in [0.1, 0.15) is 5.75 Å². The average Bonchev–Trinajstić information content (AvgIpc) is 3.29. The number of carbonyl (C=O) groups is 1. The summed E-state index contributed by atoms with van der Waals surface area (Å²) in [4.78, 5) is 12.8. The van der Waals surface area contributed by atoms with Crippen molar-refractivity contribution in [2.24, 2.45) is 0 Å². The van der Waals surface area contributed by atoms with Crippen LogP contribution in [0.5, 0.6) is 5.75 Å². The summed E-state index contributed by atoms with van der Waals surface area (Å²) in [5.74, 6) is 0.125. The van der Waals surface area contributed by atoms with E-state index in [2.05, 4.69) is 28.9 Å². The number of hydrogen-bond acceptors (Lipinski definition) is 4. The molecule has 0 saturated carbocycles. The molecule has 0 unspecified atom stereocenters. The van der Waals surface area contributed by atoms with Gasteiger partial charge >= 0.3 is 0 Å². The number of amides is 1. The molecule has 7 nitrogen and oxygen atoms in total. The van der Waals surface area contributed by atoms with Crippen LogP contribution in [-0.2, 0) is 27.8 Å². The second-order valence-electron chi connectivity index (χ2n) is 9.61. The Bertz CT molecular complexity index is 1790. The topological polar surface area (TPSA) is 80.6 Å². The van der Waals surface area contributed by atoms with Crippen LogP contribution in [0.25, 0.3) is 21.8 Å². The fourth-order valence-electron chi connectivity index (χ4n) is 5.40. The van der Waals surface area contributed by atoms with E-state index in [0.29, 0.717) is 18.0 Å². The summed E-state index contributed by atoms with van der Waals surface area (Å²) in [6.07, 6.45) is 1.65. The molecule has 2 heterocycles. The highest BCUT2D eigenvalue weighted by atomic mass is 32.2. The number of aromatic nitrogens is 1. The van der Waals surface area contributed by atoms with Gasteiger partial charge in [0.15, 0.2) is 6.61 Å². The second kappa shape index (κ2) is 10.1. The summed E-state index contributed by atoms with van der Waals surface area (Å²) in [6, 6.07) is 28.0. The molecule has 39 heavy (non-hydrogen) atoms. The first-order chi connectivity index (χ1) is 19.0. The maximum atomic E-state index is 13.3. The van der Waals surface area contributed by atoms with Crippen LogP contribution in [0.1, 0.15) is 18.9 Å². The van der Waals surface area contributed by atoms with E-state index in [1.54, 1.807) is 12.1 Å². The molecule has 8 heteroatoms. The zero-order valence-corrected chi connectivity index (χ0v) is 22.4. The zero-order valence-electron chi connectivity index (χ0n) is 21.6. The number of ether oxygens (including phenoxy) is 1. The molecule has 5 aromatic rings. The van der Waals surface area contributed by atoms with Gasteiger partial charge < -0.3 is 14.6 Å². The summed E-state index contributed by atoms with van der Waals surface area (Å²) >= 11 is 0. The van der Waals surface area contributed by atoms with Crippen molar-refractivity contribution >= 4 is 49.1 Å². The lowest BCUT2D eigenvalue weighted by Gasteiger charge is -2.30. The van der Waals surface area contributed by atoms with E-state index in [4.69, 9.17) is 4.74 Å². The first-order valence-electron chi connectivity index (χ1n) is 13.1. The van der Waals surface area contributed by atoms with Crippen molar-refractivity contribution in [1.29, 1.82) is 0 Å².